The molecule has 4 nitrogen and oxygen atoms in total. The van der Waals surface area contributed by atoms with Gasteiger partial charge in [-0.05, 0) is 24.7 Å². The smallest absolute Gasteiger partial charge is 0.164 e. The van der Waals surface area contributed by atoms with Gasteiger partial charge in [0.15, 0.2) is 5.78 Å². The topological polar surface area (TPSA) is 55.6 Å². The van der Waals surface area contributed by atoms with Crippen LogP contribution >= 0.6 is 0 Å². The highest BCUT2D eigenvalue weighted by Crippen LogP contribution is 2.22. The van der Waals surface area contributed by atoms with Crippen molar-refractivity contribution >= 4 is 11.5 Å². The van der Waals surface area contributed by atoms with E-state index in [2.05, 4.69) is 0 Å². The molecule has 98 valence electrons. The van der Waals surface area contributed by atoms with Crippen molar-refractivity contribution in [2.45, 2.75) is 6.42 Å². The molecule has 2 N–H and O–H groups in total. The van der Waals surface area contributed by atoms with Gasteiger partial charge in [0, 0.05) is 25.1 Å². The summed E-state index contributed by atoms with van der Waals surface area (Å²) in [5.74, 6) is -0.482. The maximum Gasteiger partial charge on any atom is 0.164 e. The zero-order valence-corrected chi connectivity index (χ0v) is 10.2. The number of benzene rings is 1. The first-order valence-corrected chi connectivity index (χ1v) is 6.08. The van der Waals surface area contributed by atoms with Crippen LogP contribution in [0.15, 0.2) is 18.2 Å². The van der Waals surface area contributed by atoms with Crippen molar-refractivity contribution in [3.8, 4) is 0 Å². The fourth-order valence-corrected chi connectivity index (χ4v) is 2.02. The average molecular weight is 252 g/mol. The molecule has 1 aliphatic rings. The third-order valence-electron chi connectivity index (χ3n) is 2.99. The van der Waals surface area contributed by atoms with E-state index in [1.165, 1.54) is 6.07 Å². The number of Topliss-reactive ketones (excluding diaryl/α,β-unsaturated/α-hetero) is 1. The maximum atomic E-state index is 14.0. The summed E-state index contributed by atoms with van der Waals surface area (Å²) in [6, 6.07) is 4.61. The second-order valence-corrected chi connectivity index (χ2v) is 4.23. The lowest BCUT2D eigenvalue weighted by Crippen LogP contribution is -2.36. The van der Waals surface area contributed by atoms with E-state index < -0.39 is 0 Å². The standard InChI is InChI=1S/C13H17FN2O2/c14-11-9-10(13(17)3-4-15)1-2-12(11)16-5-7-18-8-6-16/h1-2,9H,3-8,15H2. The average Bonchev–Trinajstić information content (AvgIpc) is 2.40. The summed E-state index contributed by atoms with van der Waals surface area (Å²) in [7, 11) is 0. The van der Waals surface area contributed by atoms with Gasteiger partial charge in [-0.3, -0.25) is 4.79 Å². The summed E-state index contributed by atoms with van der Waals surface area (Å²) in [4.78, 5) is 13.5. The molecule has 18 heavy (non-hydrogen) atoms. The van der Waals surface area contributed by atoms with Crippen LogP contribution in [0.3, 0.4) is 0 Å². The molecule has 0 spiro atoms. The Hall–Kier alpha value is -1.46. The van der Waals surface area contributed by atoms with E-state index in [4.69, 9.17) is 10.5 Å². The minimum absolute atomic E-state index is 0.120. The van der Waals surface area contributed by atoms with Gasteiger partial charge < -0.3 is 15.4 Å². The molecule has 0 unspecified atom stereocenters. The molecule has 0 aliphatic carbocycles. The van der Waals surface area contributed by atoms with Gasteiger partial charge in [0.1, 0.15) is 5.82 Å². The predicted octanol–water partition coefficient (Wildman–Crippen LogP) is 1.19. The van der Waals surface area contributed by atoms with Gasteiger partial charge in [-0.15, -0.1) is 0 Å². The Bertz CT molecular complexity index is 431. The van der Waals surface area contributed by atoms with Crippen molar-refractivity contribution in [2.75, 3.05) is 37.7 Å². The summed E-state index contributed by atoms with van der Waals surface area (Å²) in [5.41, 5.74) is 6.23. The summed E-state index contributed by atoms with van der Waals surface area (Å²) >= 11 is 0. The minimum Gasteiger partial charge on any atom is -0.378 e. The van der Waals surface area contributed by atoms with Gasteiger partial charge in [0.25, 0.3) is 0 Å². The Morgan fingerprint density at radius 1 is 1.39 bits per heavy atom. The molecular weight excluding hydrogens is 235 g/mol. The highest BCUT2D eigenvalue weighted by molar-refractivity contribution is 5.96. The number of ether oxygens (including phenoxy) is 1. The van der Waals surface area contributed by atoms with E-state index in [1.54, 1.807) is 12.1 Å². The summed E-state index contributed by atoms with van der Waals surface area (Å²) in [6.45, 7) is 2.84. The van der Waals surface area contributed by atoms with Crippen LogP contribution in [0.5, 0.6) is 0 Å². The number of nitrogens with zero attached hydrogens (tertiary/aromatic N) is 1. The van der Waals surface area contributed by atoms with Crippen LogP contribution in [0.1, 0.15) is 16.8 Å². The number of morpholine rings is 1. The number of rotatable bonds is 4. The molecule has 0 saturated carbocycles. The molecule has 0 amide bonds. The Morgan fingerprint density at radius 2 is 2.11 bits per heavy atom. The molecule has 0 radical (unpaired) electrons. The van der Waals surface area contributed by atoms with E-state index in [1.807, 2.05) is 4.90 Å². The molecule has 1 fully saturated rings. The summed E-state index contributed by atoms with van der Waals surface area (Å²) in [5, 5.41) is 0. The van der Waals surface area contributed by atoms with Crippen LogP contribution in [0, 0.1) is 5.82 Å². The monoisotopic (exact) mass is 252 g/mol. The first kappa shape index (κ1) is 13.0. The second-order valence-electron chi connectivity index (χ2n) is 4.23. The zero-order valence-electron chi connectivity index (χ0n) is 10.2. The second kappa shape index (κ2) is 5.93. The third kappa shape index (κ3) is 2.86. The van der Waals surface area contributed by atoms with Gasteiger partial charge in [-0.25, -0.2) is 4.39 Å². The van der Waals surface area contributed by atoms with Crippen LogP contribution in [-0.2, 0) is 4.74 Å². The molecule has 2 rings (SSSR count). The number of hydrogen-bond donors (Lipinski definition) is 1. The normalized spacial score (nSPS) is 15.8. The summed E-state index contributed by atoms with van der Waals surface area (Å²) in [6.07, 6.45) is 0.246. The van der Waals surface area contributed by atoms with Crippen LogP contribution in [0.4, 0.5) is 10.1 Å². The molecule has 1 aliphatic heterocycles. The predicted molar refractivity (Wildman–Crippen MR) is 67.4 cm³/mol. The Labute approximate surface area is 106 Å². The van der Waals surface area contributed by atoms with Crippen LogP contribution in [0.2, 0.25) is 0 Å². The van der Waals surface area contributed by atoms with Crippen molar-refractivity contribution in [1.29, 1.82) is 0 Å². The molecular formula is C13H17FN2O2. The van der Waals surface area contributed by atoms with Gasteiger partial charge in [0.05, 0.1) is 18.9 Å². The Kier molecular flexibility index (Phi) is 4.28. The van der Waals surface area contributed by atoms with Gasteiger partial charge in [0.2, 0.25) is 0 Å². The highest BCUT2D eigenvalue weighted by Gasteiger charge is 2.16. The zero-order chi connectivity index (χ0) is 13.0. The molecule has 1 saturated heterocycles. The number of ketones is 1. The number of carbonyl (C=O) groups excluding carboxylic acids is 1. The van der Waals surface area contributed by atoms with Crippen molar-refractivity contribution in [2.24, 2.45) is 5.73 Å². The largest absolute Gasteiger partial charge is 0.378 e. The fraction of sp³-hybridized carbons (Fsp3) is 0.462. The number of halogens is 1. The number of nitrogens with two attached hydrogens (primary N) is 1. The number of hydrogen-bond acceptors (Lipinski definition) is 4. The molecule has 0 atom stereocenters. The van der Waals surface area contributed by atoms with E-state index in [0.717, 1.165) is 0 Å². The molecule has 1 aromatic carbocycles. The lowest BCUT2D eigenvalue weighted by atomic mass is 10.1. The molecule has 5 heteroatoms. The van der Waals surface area contributed by atoms with Crippen LogP contribution in [-0.4, -0.2) is 38.6 Å². The van der Waals surface area contributed by atoms with Crippen LogP contribution < -0.4 is 10.6 Å². The van der Waals surface area contributed by atoms with Crippen LogP contribution in [0.25, 0.3) is 0 Å². The maximum absolute atomic E-state index is 14.0. The van der Waals surface area contributed by atoms with Gasteiger partial charge in [-0.1, -0.05) is 0 Å². The van der Waals surface area contributed by atoms with Gasteiger partial charge >= 0.3 is 0 Å². The van der Waals surface area contributed by atoms with Crippen molar-refractivity contribution in [3.63, 3.8) is 0 Å². The third-order valence-corrected chi connectivity index (χ3v) is 2.99. The van der Waals surface area contributed by atoms with E-state index in [9.17, 15) is 9.18 Å². The minimum atomic E-state index is -0.361. The SMILES string of the molecule is NCCC(=O)c1ccc(N2CCOCC2)c(F)c1. The van der Waals surface area contributed by atoms with E-state index in [0.29, 0.717) is 37.6 Å². The molecule has 0 bridgehead atoms. The summed E-state index contributed by atoms with van der Waals surface area (Å²) < 4.78 is 19.2. The van der Waals surface area contributed by atoms with Crippen molar-refractivity contribution in [3.05, 3.63) is 29.6 Å². The molecule has 1 heterocycles. The highest BCUT2D eigenvalue weighted by atomic mass is 19.1. The van der Waals surface area contributed by atoms with Crippen molar-refractivity contribution in [1.82, 2.24) is 0 Å². The lowest BCUT2D eigenvalue weighted by Gasteiger charge is -2.29. The number of anilines is 1. The molecule has 1 aromatic rings. The Morgan fingerprint density at radius 3 is 2.72 bits per heavy atom. The Balaban J connectivity index is 2.16. The van der Waals surface area contributed by atoms with E-state index >= 15 is 0 Å². The lowest BCUT2D eigenvalue weighted by molar-refractivity contribution is 0.0985. The number of carbonyl (C=O) groups is 1. The first-order valence-electron chi connectivity index (χ1n) is 6.08. The molecule has 0 aromatic heterocycles. The quantitative estimate of drug-likeness (QED) is 0.818. The first-order chi connectivity index (χ1) is 8.72. The van der Waals surface area contributed by atoms with Gasteiger partial charge in [-0.2, -0.15) is 0 Å². The van der Waals surface area contributed by atoms with E-state index in [-0.39, 0.29) is 24.6 Å². The van der Waals surface area contributed by atoms with Crippen molar-refractivity contribution < 1.29 is 13.9 Å². The fourth-order valence-electron chi connectivity index (χ4n) is 2.02.